The average Bonchev–Trinajstić information content (AvgIpc) is 3.37. The Kier molecular flexibility index (Phi) is 6.91. The number of aromatic nitrogens is 2. The van der Waals surface area contributed by atoms with E-state index in [2.05, 4.69) is 20.6 Å². The van der Waals surface area contributed by atoms with Crippen LogP contribution in [0.25, 0.3) is 11.1 Å². The molecule has 1 heterocycles. The maximum Gasteiger partial charge on any atom is 0.407 e. The molecule has 1 atom stereocenters. The van der Waals surface area contributed by atoms with E-state index in [1.54, 1.807) is 6.33 Å². The summed E-state index contributed by atoms with van der Waals surface area (Å²) in [6.07, 6.45) is 0.647. The maximum atomic E-state index is 12.5. The van der Waals surface area contributed by atoms with E-state index in [1.807, 2.05) is 55.5 Å². The smallest absolute Gasteiger partial charge is 0.407 e. The summed E-state index contributed by atoms with van der Waals surface area (Å²) in [6, 6.07) is 14.6. The van der Waals surface area contributed by atoms with Gasteiger partial charge < -0.3 is 25.5 Å². The van der Waals surface area contributed by atoms with Gasteiger partial charge in [0.1, 0.15) is 12.6 Å². The summed E-state index contributed by atoms with van der Waals surface area (Å²) in [4.78, 5) is 43.4. The number of alkyl carbamates (subject to hydrolysis) is 1. The lowest BCUT2D eigenvalue weighted by atomic mass is 9.98. The average molecular weight is 463 g/mol. The predicted octanol–water partition coefficient (Wildman–Crippen LogP) is 2.76. The fourth-order valence-corrected chi connectivity index (χ4v) is 4.23. The normalized spacial score (nSPS) is 13.0. The molecule has 1 unspecified atom stereocenters. The second-order valence-corrected chi connectivity index (χ2v) is 8.14. The third-order valence-corrected chi connectivity index (χ3v) is 5.93. The van der Waals surface area contributed by atoms with E-state index in [4.69, 9.17) is 4.74 Å². The number of nitrogens with zero attached hydrogens (tertiary/aromatic N) is 1. The van der Waals surface area contributed by atoms with Crippen LogP contribution in [0, 0.1) is 6.92 Å². The fraction of sp³-hybridized carbons (Fsp3) is 0.280. The van der Waals surface area contributed by atoms with Gasteiger partial charge in [0.2, 0.25) is 5.91 Å². The summed E-state index contributed by atoms with van der Waals surface area (Å²) in [5.41, 5.74) is 6.02. The number of aromatic amines is 1. The molecule has 0 radical (unpaired) electrons. The van der Waals surface area contributed by atoms with Crippen LogP contribution in [0.5, 0.6) is 0 Å². The molecule has 1 aliphatic carbocycles. The quantitative estimate of drug-likeness (QED) is 0.386. The van der Waals surface area contributed by atoms with Gasteiger partial charge in [-0.2, -0.15) is 0 Å². The number of amides is 2. The summed E-state index contributed by atoms with van der Waals surface area (Å²) in [5.74, 6) is -1.94. The van der Waals surface area contributed by atoms with Crippen molar-refractivity contribution in [1.29, 1.82) is 0 Å². The second kappa shape index (κ2) is 10.2. The molecule has 34 heavy (non-hydrogen) atoms. The van der Waals surface area contributed by atoms with Gasteiger partial charge in [0.05, 0.1) is 18.4 Å². The number of rotatable bonds is 9. The Labute approximate surface area is 196 Å². The summed E-state index contributed by atoms with van der Waals surface area (Å²) in [5, 5.41) is 14.2. The van der Waals surface area contributed by atoms with E-state index >= 15 is 0 Å². The van der Waals surface area contributed by atoms with Gasteiger partial charge in [-0.25, -0.2) is 9.78 Å². The molecule has 1 aromatic heterocycles. The van der Waals surface area contributed by atoms with Gasteiger partial charge in [0, 0.05) is 24.6 Å². The monoisotopic (exact) mass is 462 g/mol. The number of aryl methyl sites for hydroxylation is 1. The van der Waals surface area contributed by atoms with Crippen LogP contribution >= 0.6 is 0 Å². The summed E-state index contributed by atoms with van der Waals surface area (Å²) in [6.45, 7) is 2.20. The molecule has 176 valence electrons. The number of nitrogens with one attached hydrogen (secondary N) is 3. The topological polar surface area (TPSA) is 133 Å². The minimum atomic E-state index is -1.26. The first-order valence-electron chi connectivity index (χ1n) is 11.0. The van der Waals surface area contributed by atoms with Gasteiger partial charge in [0.15, 0.2) is 0 Å². The highest BCUT2D eigenvalue weighted by Gasteiger charge is 2.30. The number of benzene rings is 2. The van der Waals surface area contributed by atoms with Crippen molar-refractivity contribution in [1.82, 2.24) is 20.6 Å². The Morgan fingerprint density at radius 1 is 1.09 bits per heavy atom. The summed E-state index contributed by atoms with van der Waals surface area (Å²) >= 11 is 0. The highest BCUT2D eigenvalue weighted by Crippen LogP contribution is 2.44. The zero-order valence-corrected chi connectivity index (χ0v) is 18.7. The van der Waals surface area contributed by atoms with E-state index in [9.17, 15) is 19.5 Å². The van der Waals surface area contributed by atoms with Crippen LogP contribution in [0.4, 0.5) is 4.79 Å². The van der Waals surface area contributed by atoms with Crippen LogP contribution in [-0.4, -0.2) is 52.2 Å². The van der Waals surface area contributed by atoms with Crippen LogP contribution < -0.4 is 10.6 Å². The molecule has 0 aliphatic heterocycles. The fourth-order valence-electron chi connectivity index (χ4n) is 4.23. The predicted molar refractivity (Wildman–Crippen MR) is 124 cm³/mol. The van der Waals surface area contributed by atoms with Crippen molar-refractivity contribution in [3.05, 3.63) is 77.4 Å². The molecule has 4 rings (SSSR count). The molecule has 0 saturated carbocycles. The molecule has 3 aromatic rings. The minimum absolute atomic E-state index is 0.0692. The van der Waals surface area contributed by atoms with Crippen molar-refractivity contribution in [2.24, 2.45) is 0 Å². The van der Waals surface area contributed by atoms with Crippen molar-refractivity contribution < 1.29 is 24.2 Å². The molecule has 1 aliphatic rings. The Morgan fingerprint density at radius 3 is 2.32 bits per heavy atom. The molecular formula is C25H26N4O5. The number of fused-ring (bicyclic) bond motifs is 3. The number of imidazole rings is 1. The number of H-pyrrole nitrogens is 1. The first kappa shape index (κ1) is 23.0. The van der Waals surface area contributed by atoms with Crippen LogP contribution in [0.15, 0.2) is 54.9 Å². The largest absolute Gasteiger partial charge is 0.481 e. The molecule has 2 amide bonds. The number of carboxylic acids is 1. The van der Waals surface area contributed by atoms with Crippen molar-refractivity contribution in [3.63, 3.8) is 0 Å². The SMILES string of the molecule is Cc1[nH]cnc1CCNC(=O)C(CC(=O)O)NC(=O)OCC1c2ccccc2-c2ccccc21. The second-order valence-electron chi connectivity index (χ2n) is 8.14. The van der Waals surface area contributed by atoms with Crippen LogP contribution in [0.1, 0.15) is 34.9 Å². The Morgan fingerprint density at radius 2 is 1.74 bits per heavy atom. The molecule has 2 aromatic carbocycles. The molecule has 0 spiro atoms. The van der Waals surface area contributed by atoms with E-state index < -0.39 is 30.4 Å². The highest BCUT2D eigenvalue weighted by molar-refractivity contribution is 5.89. The first-order valence-corrected chi connectivity index (χ1v) is 11.0. The highest BCUT2D eigenvalue weighted by atomic mass is 16.5. The third kappa shape index (κ3) is 5.09. The van der Waals surface area contributed by atoms with Gasteiger partial charge in [-0.05, 0) is 29.2 Å². The Balaban J connectivity index is 1.35. The van der Waals surface area contributed by atoms with Gasteiger partial charge >= 0.3 is 12.1 Å². The molecule has 0 saturated heterocycles. The van der Waals surface area contributed by atoms with Crippen molar-refractivity contribution in [2.45, 2.75) is 31.7 Å². The molecule has 0 bridgehead atoms. The number of carbonyl (C=O) groups excluding carboxylic acids is 2. The number of carboxylic acid groups (broad SMARTS) is 1. The number of carbonyl (C=O) groups is 3. The van der Waals surface area contributed by atoms with E-state index in [0.29, 0.717) is 6.42 Å². The van der Waals surface area contributed by atoms with E-state index in [1.165, 1.54) is 0 Å². The lowest BCUT2D eigenvalue weighted by Crippen LogP contribution is -2.48. The van der Waals surface area contributed by atoms with Crippen molar-refractivity contribution >= 4 is 18.0 Å². The van der Waals surface area contributed by atoms with Crippen LogP contribution in [-0.2, 0) is 20.7 Å². The molecule has 0 fully saturated rings. The molecule has 9 heteroatoms. The van der Waals surface area contributed by atoms with Gasteiger partial charge in [-0.15, -0.1) is 0 Å². The lowest BCUT2D eigenvalue weighted by molar-refractivity contribution is -0.139. The molecular weight excluding hydrogens is 436 g/mol. The Bertz CT molecular complexity index is 1160. The van der Waals surface area contributed by atoms with Crippen LogP contribution in [0.3, 0.4) is 0 Å². The number of aliphatic carboxylic acids is 1. The minimum Gasteiger partial charge on any atom is -0.481 e. The summed E-state index contributed by atoms with van der Waals surface area (Å²) in [7, 11) is 0. The zero-order chi connectivity index (χ0) is 24.1. The van der Waals surface area contributed by atoms with Gasteiger partial charge in [0.25, 0.3) is 0 Å². The zero-order valence-electron chi connectivity index (χ0n) is 18.7. The number of ether oxygens (including phenoxy) is 1. The van der Waals surface area contributed by atoms with E-state index in [0.717, 1.165) is 33.6 Å². The maximum absolute atomic E-state index is 12.5. The Hall–Kier alpha value is -4.14. The third-order valence-electron chi connectivity index (χ3n) is 5.93. The van der Waals surface area contributed by atoms with Gasteiger partial charge in [-0.3, -0.25) is 9.59 Å². The molecule has 9 nitrogen and oxygen atoms in total. The van der Waals surface area contributed by atoms with Crippen molar-refractivity contribution in [2.75, 3.05) is 13.2 Å². The van der Waals surface area contributed by atoms with Crippen molar-refractivity contribution in [3.8, 4) is 11.1 Å². The number of hydrogen-bond donors (Lipinski definition) is 4. The molecule has 4 N–H and O–H groups in total. The van der Waals surface area contributed by atoms with Crippen LogP contribution in [0.2, 0.25) is 0 Å². The first-order chi connectivity index (χ1) is 16.4. The lowest BCUT2D eigenvalue weighted by Gasteiger charge is -2.18. The van der Waals surface area contributed by atoms with Gasteiger partial charge in [-0.1, -0.05) is 48.5 Å². The number of hydrogen-bond acceptors (Lipinski definition) is 5. The van der Waals surface area contributed by atoms with E-state index in [-0.39, 0.29) is 19.1 Å². The standard InChI is InChI=1S/C25H26N4O5/c1-15-21(28-14-27-15)10-11-26-24(32)22(12-23(30)31)29-25(33)34-13-20-18-8-4-2-6-16(18)17-7-3-5-9-19(17)20/h2-9,14,20,22H,10-13H2,1H3,(H,26,32)(H,27,28)(H,29,33)(H,30,31). The summed E-state index contributed by atoms with van der Waals surface area (Å²) < 4.78 is 5.44.